The standard InChI is InChI=1S/C22H35N3O/c1-4-23-21(24-17-22(11-12-22)13-15-26-3)25-14-10-20(18(2)16-25)19-8-6-5-7-9-19/h5-9,18,20H,4,10-17H2,1-3H3,(H,23,24). The predicted octanol–water partition coefficient (Wildman–Crippen LogP) is 3.89. The molecule has 1 aliphatic heterocycles. The summed E-state index contributed by atoms with van der Waals surface area (Å²) in [5, 5.41) is 3.53. The molecule has 0 radical (unpaired) electrons. The van der Waals surface area contributed by atoms with Gasteiger partial charge in [0, 0.05) is 39.9 Å². The average molecular weight is 358 g/mol. The second kappa shape index (κ2) is 8.90. The van der Waals surface area contributed by atoms with Gasteiger partial charge in [0.15, 0.2) is 5.96 Å². The fraction of sp³-hybridized carbons (Fsp3) is 0.682. The largest absolute Gasteiger partial charge is 0.385 e. The molecule has 1 aromatic carbocycles. The molecule has 1 saturated carbocycles. The van der Waals surface area contributed by atoms with Crippen molar-refractivity contribution in [2.24, 2.45) is 16.3 Å². The van der Waals surface area contributed by atoms with Crippen LogP contribution >= 0.6 is 0 Å². The molecule has 2 unspecified atom stereocenters. The topological polar surface area (TPSA) is 36.9 Å². The third-order valence-corrected chi connectivity index (χ3v) is 6.13. The zero-order chi connectivity index (χ0) is 18.4. The van der Waals surface area contributed by atoms with E-state index < -0.39 is 0 Å². The summed E-state index contributed by atoms with van der Waals surface area (Å²) in [5.41, 5.74) is 1.89. The Morgan fingerprint density at radius 3 is 2.69 bits per heavy atom. The third-order valence-electron chi connectivity index (χ3n) is 6.13. The van der Waals surface area contributed by atoms with E-state index in [1.54, 1.807) is 7.11 Å². The van der Waals surface area contributed by atoms with E-state index in [-0.39, 0.29) is 0 Å². The van der Waals surface area contributed by atoms with Crippen LogP contribution < -0.4 is 5.32 Å². The molecule has 144 valence electrons. The maximum Gasteiger partial charge on any atom is 0.193 e. The van der Waals surface area contributed by atoms with Crippen molar-refractivity contribution in [2.45, 2.75) is 45.4 Å². The highest BCUT2D eigenvalue weighted by atomic mass is 16.5. The van der Waals surface area contributed by atoms with Gasteiger partial charge in [0.05, 0.1) is 0 Å². The zero-order valence-corrected chi connectivity index (χ0v) is 16.7. The Morgan fingerprint density at radius 1 is 1.31 bits per heavy atom. The van der Waals surface area contributed by atoms with Gasteiger partial charge in [0.1, 0.15) is 0 Å². The lowest BCUT2D eigenvalue weighted by Gasteiger charge is -2.39. The molecule has 0 aromatic heterocycles. The number of methoxy groups -OCH3 is 1. The van der Waals surface area contributed by atoms with Gasteiger partial charge in [-0.15, -0.1) is 0 Å². The smallest absolute Gasteiger partial charge is 0.193 e. The maximum atomic E-state index is 5.28. The van der Waals surface area contributed by atoms with Gasteiger partial charge >= 0.3 is 0 Å². The summed E-state index contributed by atoms with van der Waals surface area (Å²) in [5.74, 6) is 2.40. The van der Waals surface area contributed by atoms with E-state index in [1.165, 1.54) is 24.8 Å². The van der Waals surface area contributed by atoms with Crippen molar-refractivity contribution in [2.75, 3.05) is 39.9 Å². The number of piperidine rings is 1. The van der Waals surface area contributed by atoms with Gasteiger partial charge in [0.2, 0.25) is 0 Å². The molecular formula is C22H35N3O. The summed E-state index contributed by atoms with van der Waals surface area (Å²) in [6.45, 7) is 9.42. The fourth-order valence-corrected chi connectivity index (χ4v) is 4.18. The molecular weight excluding hydrogens is 322 g/mol. The predicted molar refractivity (Wildman–Crippen MR) is 109 cm³/mol. The zero-order valence-electron chi connectivity index (χ0n) is 16.7. The quantitative estimate of drug-likeness (QED) is 0.594. The van der Waals surface area contributed by atoms with Gasteiger partial charge in [-0.05, 0) is 55.4 Å². The highest BCUT2D eigenvalue weighted by molar-refractivity contribution is 5.80. The van der Waals surface area contributed by atoms with Crippen LogP contribution in [0.15, 0.2) is 35.3 Å². The SMILES string of the molecule is CCNC(=NCC1(CCOC)CC1)N1CCC(c2ccccc2)C(C)C1. The molecule has 1 aromatic rings. The molecule has 2 fully saturated rings. The Labute approximate surface area is 159 Å². The number of ether oxygens (including phenoxy) is 1. The van der Waals surface area contributed by atoms with Crippen molar-refractivity contribution < 1.29 is 4.74 Å². The third kappa shape index (κ3) is 4.79. The van der Waals surface area contributed by atoms with Gasteiger partial charge in [-0.3, -0.25) is 4.99 Å². The number of guanidine groups is 1. The lowest BCUT2D eigenvalue weighted by atomic mass is 9.82. The van der Waals surface area contributed by atoms with E-state index in [0.29, 0.717) is 17.3 Å². The highest BCUT2D eigenvalue weighted by Crippen LogP contribution is 2.49. The lowest BCUT2D eigenvalue weighted by Crippen LogP contribution is -2.48. The van der Waals surface area contributed by atoms with Crippen molar-refractivity contribution in [3.63, 3.8) is 0 Å². The van der Waals surface area contributed by atoms with Crippen LogP contribution in [0.25, 0.3) is 0 Å². The van der Waals surface area contributed by atoms with Gasteiger partial charge in [-0.2, -0.15) is 0 Å². The monoisotopic (exact) mass is 357 g/mol. The van der Waals surface area contributed by atoms with Gasteiger partial charge in [-0.25, -0.2) is 0 Å². The van der Waals surface area contributed by atoms with Crippen molar-refractivity contribution in [3.8, 4) is 0 Å². The molecule has 26 heavy (non-hydrogen) atoms. The Hall–Kier alpha value is -1.55. The van der Waals surface area contributed by atoms with Crippen LogP contribution in [0.5, 0.6) is 0 Å². The minimum Gasteiger partial charge on any atom is -0.385 e. The van der Waals surface area contributed by atoms with E-state index in [2.05, 4.69) is 54.4 Å². The molecule has 4 heteroatoms. The molecule has 2 aliphatic rings. The highest BCUT2D eigenvalue weighted by Gasteiger charge is 2.42. The van der Waals surface area contributed by atoms with E-state index >= 15 is 0 Å². The number of nitrogens with zero attached hydrogens (tertiary/aromatic N) is 2. The Kier molecular flexibility index (Phi) is 6.58. The first kappa shape index (κ1) is 19.2. The molecule has 2 atom stereocenters. The van der Waals surface area contributed by atoms with Crippen molar-refractivity contribution in [1.82, 2.24) is 10.2 Å². The Morgan fingerprint density at radius 2 is 2.08 bits per heavy atom. The molecule has 3 rings (SSSR count). The van der Waals surface area contributed by atoms with Crippen LogP contribution in [0.4, 0.5) is 0 Å². The van der Waals surface area contributed by atoms with E-state index in [1.807, 2.05) is 0 Å². The molecule has 1 saturated heterocycles. The molecule has 0 spiro atoms. The summed E-state index contributed by atoms with van der Waals surface area (Å²) in [6.07, 6.45) is 4.93. The van der Waals surface area contributed by atoms with Gasteiger partial charge < -0.3 is 15.0 Å². The van der Waals surface area contributed by atoms with E-state index in [0.717, 1.165) is 45.2 Å². The molecule has 0 amide bonds. The van der Waals surface area contributed by atoms with Crippen LogP contribution in [0.2, 0.25) is 0 Å². The van der Waals surface area contributed by atoms with Crippen LogP contribution in [0.1, 0.15) is 51.0 Å². The van der Waals surface area contributed by atoms with Crippen molar-refractivity contribution >= 4 is 5.96 Å². The number of rotatable bonds is 7. The van der Waals surface area contributed by atoms with Crippen molar-refractivity contribution in [1.29, 1.82) is 0 Å². The van der Waals surface area contributed by atoms with Crippen LogP contribution in [0.3, 0.4) is 0 Å². The minimum absolute atomic E-state index is 0.407. The first-order valence-electron chi connectivity index (χ1n) is 10.2. The molecule has 0 bridgehead atoms. The first-order valence-corrected chi connectivity index (χ1v) is 10.2. The average Bonchev–Trinajstić information content (AvgIpc) is 3.44. The van der Waals surface area contributed by atoms with E-state index in [9.17, 15) is 0 Å². The summed E-state index contributed by atoms with van der Waals surface area (Å²) in [7, 11) is 1.79. The van der Waals surface area contributed by atoms with Crippen molar-refractivity contribution in [3.05, 3.63) is 35.9 Å². The lowest BCUT2D eigenvalue weighted by molar-refractivity contribution is 0.173. The van der Waals surface area contributed by atoms with Crippen LogP contribution in [-0.4, -0.2) is 50.8 Å². The maximum absolute atomic E-state index is 5.28. The number of likely N-dealkylation sites (tertiary alicyclic amines) is 1. The summed E-state index contributed by atoms with van der Waals surface area (Å²) in [6, 6.07) is 11.0. The Bertz CT molecular complexity index is 582. The molecule has 4 nitrogen and oxygen atoms in total. The number of hydrogen-bond acceptors (Lipinski definition) is 2. The summed E-state index contributed by atoms with van der Waals surface area (Å²) in [4.78, 5) is 7.50. The summed E-state index contributed by atoms with van der Waals surface area (Å²) < 4.78 is 5.28. The summed E-state index contributed by atoms with van der Waals surface area (Å²) >= 11 is 0. The first-order chi connectivity index (χ1) is 12.7. The Balaban J connectivity index is 1.61. The number of benzene rings is 1. The second-order valence-corrected chi connectivity index (χ2v) is 8.14. The number of nitrogens with one attached hydrogen (secondary N) is 1. The number of aliphatic imine (C=N–C) groups is 1. The van der Waals surface area contributed by atoms with Gasteiger partial charge in [0.25, 0.3) is 0 Å². The molecule has 1 heterocycles. The van der Waals surface area contributed by atoms with Crippen LogP contribution in [-0.2, 0) is 4.74 Å². The second-order valence-electron chi connectivity index (χ2n) is 8.14. The fourth-order valence-electron chi connectivity index (χ4n) is 4.18. The molecule has 1 N–H and O–H groups in total. The van der Waals surface area contributed by atoms with Crippen LogP contribution in [0, 0.1) is 11.3 Å². The minimum atomic E-state index is 0.407. The van der Waals surface area contributed by atoms with Gasteiger partial charge in [-0.1, -0.05) is 37.3 Å². The van der Waals surface area contributed by atoms with E-state index in [4.69, 9.17) is 9.73 Å². The number of hydrogen-bond donors (Lipinski definition) is 1. The normalized spacial score (nSPS) is 25.2. The molecule has 1 aliphatic carbocycles.